The van der Waals surface area contributed by atoms with Gasteiger partial charge in [-0.15, -0.1) is 15.0 Å². The molecule has 0 bridgehead atoms. The molecule has 1 N–H and O–H groups in total. The first-order valence-electron chi connectivity index (χ1n) is 7.51. The molecule has 124 valence electrons. The molecule has 23 heavy (non-hydrogen) atoms. The van der Waals surface area contributed by atoms with Gasteiger partial charge in [0, 0.05) is 13.1 Å². The highest BCUT2D eigenvalue weighted by Gasteiger charge is 2.28. The van der Waals surface area contributed by atoms with Crippen LogP contribution >= 0.6 is 0 Å². The lowest BCUT2D eigenvalue weighted by atomic mass is 10.0. The van der Waals surface area contributed by atoms with E-state index in [-0.39, 0.29) is 17.3 Å². The third kappa shape index (κ3) is 3.26. The third-order valence-corrected chi connectivity index (χ3v) is 5.92. The first-order valence-corrected chi connectivity index (χ1v) is 8.95. The minimum Gasteiger partial charge on any atom is -0.388 e. The molecule has 1 fully saturated rings. The van der Waals surface area contributed by atoms with Gasteiger partial charge < -0.3 is 5.11 Å². The zero-order chi connectivity index (χ0) is 16.4. The second-order valence-electron chi connectivity index (χ2n) is 5.74. The lowest BCUT2D eigenvalue weighted by molar-refractivity contribution is 0.271. The van der Waals surface area contributed by atoms with Crippen LogP contribution in [0.2, 0.25) is 0 Å². The molecule has 0 spiro atoms. The van der Waals surface area contributed by atoms with Gasteiger partial charge in [0.05, 0.1) is 10.6 Å². The van der Waals surface area contributed by atoms with Crippen LogP contribution in [0.5, 0.6) is 0 Å². The monoisotopic (exact) mass is 337 g/mol. The number of benzene rings is 1. The largest absolute Gasteiger partial charge is 0.388 e. The van der Waals surface area contributed by atoms with Crippen LogP contribution in [-0.4, -0.2) is 51.1 Å². The van der Waals surface area contributed by atoms with Crippen molar-refractivity contribution in [1.82, 2.24) is 24.5 Å². The number of piperidine rings is 1. The summed E-state index contributed by atoms with van der Waals surface area (Å²) in [5, 5.41) is 20.5. The van der Waals surface area contributed by atoms with Crippen molar-refractivity contribution in [2.75, 3.05) is 13.1 Å². The molecule has 8 nitrogen and oxygen atoms in total. The first kappa shape index (κ1) is 16.0. The van der Waals surface area contributed by atoms with E-state index in [9.17, 15) is 8.42 Å². The van der Waals surface area contributed by atoms with Crippen LogP contribution in [0.25, 0.3) is 5.69 Å². The summed E-state index contributed by atoms with van der Waals surface area (Å²) in [6, 6.07) is 6.44. The van der Waals surface area contributed by atoms with E-state index >= 15 is 0 Å². The molecule has 2 heterocycles. The summed E-state index contributed by atoms with van der Waals surface area (Å²) < 4.78 is 27.0. The number of nitrogens with zero attached hydrogens (tertiary/aromatic N) is 5. The SMILES string of the molecule is CC1CCN(S(=O)(=O)c2cccc(-n3nnc(CO)n3)c2)CC1. The van der Waals surface area contributed by atoms with Crippen molar-refractivity contribution in [2.45, 2.75) is 31.3 Å². The molecular weight excluding hydrogens is 318 g/mol. The van der Waals surface area contributed by atoms with Gasteiger partial charge in [-0.05, 0) is 42.2 Å². The van der Waals surface area contributed by atoms with Gasteiger partial charge in [-0.3, -0.25) is 0 Å². The van der Waals surface area contributed by atoms with Crippen LogP contribution in [0.3, 0.4) is 0 Å². The molecule has 3 rings (SSSR count). The van der Waals surface area contributed by atoms with Crippen molar-refractivity contribution in [3.63, 3.8) is 0 Å². The number of rotatable bonds is 4. The number of aliphatic hydroxyl groups is 1. The van der Waals surface area contributed by atoms with E-state index in [2.05, 4.69) is 22.3 Å². The first-order chi connectivity index (χ1) is 11.0. The summed E-state index contributed by atoms with van der Waals surface area (Å²) in [5.41, 5.74) is 0.489. The standard InChI is InChI=1S/C14H19N5O3S/c1-11-5-7-18(8-6-11)23(21,22)13-4-2-3-12(9-13)19-16-14(10-20)15-17-19/h2-4,9,11,20H,5-8,10H2,1H3. The van der Waals surface area contributed by atoms with Gasteiger partial charge in [0.15, 0.2) is 0 Å². The summed E-state index contributed by atoms with van der Waals surface area (Å²) in [4.78, 5) is 1.43. The van der Waals surface area contributed by atoms with Crippen molar-refractivity contribution < 1.29 is 13.5 Å². The van der Waals surface area contributed by atoms with E-state index in [0.29, 0.717) is 24.7 Å². The van der Waals surface area contributed by atoms with Crippen molar-refractivity contribution >= 4 is 10.0 Å². The Hall–Kier alpha value is -1.84. The van der Waals surface area contributed by atoms with Gasteiger partial charge in [0.2, 0.25) is 15.8 Å². The number of hydrogen-bond acceptors (Lipinski definition) is 6. The fraction of sp³-hybridized carbons (Fsp3) is 0.500. The van der Waals surface area contributed by atoms with E-state index in [1.165, 1.54) is 15.2 Å². The van der Waals surface area contributed by atoms with E-state index in [1.807, 2.05) is 0 Å². The van der Waals surface area contributed by atoms with Gasteiger partial charge in [-0.25, -0.2) is 8.42 Å². The zero-order valence-electron chi connectivity index (χ0n) is 12.8. The Morgan fingerprint density at radius 2 is 2.04 bits per heavy atom. The summed E-state index contributed by atoms with van der Waals surface area (Å²) in [6.07, 6.45) is 1.76. The van der Waals surface area contributed by atoms with Crippen LogP contribution in [0.4, 0.5) is 0 Å². The molecule has 2 aromatic rings. The third-order valence-electron chi connectivity index (χ3n) is 4.03. The van der Waals surface area contributed by atoms with Crippen molar-refractivity contribution in [2.24, 2.45) is 5.92 Å². The van der Waals surface area contributed by atoms with Crippen LogP contribution in [0, 0.1) is 5.92 Å². The highest BCUT2D eigenvalue weighted by Crippen LogP contribution is 2.24. The van der Waals surface area contributed by atoms with E-state index < -0.39 is 10.0 Å². The summed E-state index contributed by atoms with van der Waals surface area (Å²) in [5.74, 6) is 0.743. The molecule has 0 aliphatic carbocycles. The van der Waals surface area contributed by atoms with Gasteiger partial charge in [-0.1, -0.05) is 13.0 Å². The molecule has 1 aromatic heterocycles. The molecule has 9 heteroatoms. The van der Waals surface area contributed by atoms with Crippen molar-refractivity contribution in [1.29, 1.82) is 0 Å². The lowest BCUT2D eigenvalue weighted by Gasteiger charge is -2.29. The quantitative estimate of drug-likeness (QED) is 0.875. The molecular formula is C14H19N5O3S. The van der Waals surface area contributed by atoms with Gasteiger partial charge in [-0.2, -0.15) is 4.31 Å². The van der Waals surface area contributed by atoms with Crippen LogP contribution < -0.4 is 0 Å². The number of aliphatic hydroxyl groups excluding tert-OH is 1. The molecule has 1 saturated heterocycles. The van der Waals surface area contributed by atoms with Crippen LogP contribution in [0.1, 0.15) is 25.6 Å². The highest BCUT2D eigenvalue weighted by molar-refractivity contribution is 7.89. The topological polar surface area (TPSA) is 101 Å². The Kier molecular flexibility index (Phi) is 4.42. The summed E-state index contributed by atoms with van der Waals surface area (Å²) in [6.45, 7) is 2.91. The number of hydrogen-bond donors (Lipinski definition) is 1. The van der Waals surface area contributed by atoms with Crippen LogP contribution in [-0.2, 0) is 16.6 Å². The molecule has 0 amide bonds. The Labute approximate surface area is 134 Å². The van der Waals surface area contributed by atoms with Gasteiger partial charge >= 0.3 is 0 Å². The van der Waals surface area contributed by atoms with Crippen molar-refractivity contribution in [3.05, 3.63) is 30.1 Å². The summed E-state index contributed by atoms with van der Waals surface area (Å²) >= 11 is 0. The van der Waals surface area contributed by atoms with Crippen molar-refractivity contribution in [3.8, 4) is 5.69 Å². The predicted octanol–water partition coefficient (Wildman–Crippen LogP) is 0.575. The number of tetrazole rings is 1. The molecule has 0 saturated carbocycles. The summed E-state index contributed by atoms with van der Waals surface area (Å²) in [7, 11) is -3.52. The Bertz CT molecular complexity index is 781. The predicted molar refractivity (Wildman–Crippen MR) is 82.2 cm³/mol. The normalized spacial score (nSPS) is 17.5. The van der Waals surface area contributed by atoms with E-state index in [4.69, 9.17) is 5.11 Å². The maximum absolute atomic E-state index is 12.8. The second kappa shape index (κ2) is 6.34. The van der Waals surface area contributed by atoms with Gasteiger partial charge in [0.1, 0.15) is 6.61 Å². The lowest BCUT2D eigenvalue weighted by Crippen LogP contribution is -2.37. The Morgan fingerprint density at radius 3 is 2.70 bits per heavy atom. The van der Waals surface area contributed by atoms with E-state index in [0.717, 1.165) is 12.8 Å². The molecule has 1 aromatic carbocycles. The highest BCUT2D eigenvalue weighted by atomic mass is 32.2. The Balaban J connectivity index is 1.89. The molecule has 0 unspecified atom stereocenters. The minimum absolute atomic E-state index is 0.184. The fourth-order valence-electron chi connectivity index (χ4n) is 2.56. The Morgan fingerprint density at radius 1 is 1.30 bits per heavy atom. The second-order valence-corrected chi connectivity index (χ2v) is 7.68. The fourth-order valence-corrected chi connectivity index (χ4v) is 4.07. The molecule has 0 radical (unpaired) electrons. The minimum atomic E-state index is -3.52. The average Bonchev–Trinajstić information content (AvgIpc) is 3.04. The average molecular weight is 337 g/mol. The molecule has 1 aliphatic heterocycles. The van der Waals surface area contributed by atoms with Gasteiger partial charge in [0.25, 0.3) is 0 Å². The van der Waals surface area contributed by atoms with E-state index in [1.54, 1.807) is 18.2 Å². The smallest absolute Gasteiger partial charge is 0.243 e. The number of aromatic nitrogens is 4. The zero-order valence-corrected chi connectivity index (χ0v) is 13.6. The number of sulfonamides is 1. The maximum Gasteiger partial charge on any atom is 0.243 e. The van der Waals surface area contributed by atoms with Crippen LogP contribution in [0.15, 0.2) is 29.2 Å². The molecule has 0 atom stereocenters. The molecule has 1 aliphatic rings. The maximum atomic E-state index is 12.8.